The van der Waals surface area contributed by atoms with Gasteiger partial charge in [0, 0.05) is 10.5 Å². The molecule has 2 rings (SSSR count). The Morgan fingerprint density at radius 2 is 1.80 bits per heavy atom. The number of amides is 1. The maximum absolute atomic E-state index is 12.6. The zero-order valence-corrected chi connectivity index (χ0v) is 12.6. The molecule has 128 valence electrons. The van der Waals surface area contributed by atoms with E-state index in [1.54, 1.807) is 6.07 Å². The number of hydrogen-bond donors (Lipinski definition) is 1. The first-order chi connectivity index (χ1) is 11.8. The molecular weight excluding hydrogens is 337 g/mol. The minimum absolute atomic E-state index is 0.145. The van der Waals surface area contributed by atoms with Crippen molar-refractivity contribution in [2.24, 2.45) is 5.11 Å². The molecule has 2 aromatic carbocycles. The second-order valence-corrected chi connectivity index (χ2v) is 4.93. The Morgan fingerprint density at radius 3 is 2.36 bits per heavy atom. The average Bonchev–Trinajstić information content (AvgIpc) is 2.59. The summed E-state index contributed by atoms with van der Waals surface area (Å²) in [5.41, 5.74) is 8.76. The number of rotatable bonds is 5. The van der Waals surface area contributed by atoms with Gasteiger partial charge >= 0.3 is 6.18 Å². The summed E-state index contributed by atoms with van der Waals surface area (Å²) in [5, 5.41) is 5.52. The summed E-state index contributed by atoms with van der Waals surface area (Å²) in [6, 6.07) is 8.94. The summed E-state index contributed by atoms with van der Waals surface area (Å²) in [5.74, 6) is -0.594. The monoisotopic (exact) mass is 348 g/mol. The molecule has 0 saturated carbocycles. The largest absolute Gasteiger partial charge is 0.416 e. The van der Waals surface area contributed by atoms with Crippen molar-refractivity contribution in [1.82, 2.24) is 0 Å². The molecule has 0 spiro atoms. The van der Waals surface area contributed by atoms with Gasteiger partial charge < -0.3 is 5.32 Å². The SMILES string of the molecule is [N-]=[N+]=NCC(=O)Nc1ccc(-c2ccc(C(F)(F)F)cc2)cc1C=O. The molecular formula is C16H11F3N4O2. The number of nitrogens with zero attached hydrogens (tertiary/aromatic N) is 3. The summed E-state index contributed by atoms with van der Waals surface area (Å²) in [6.07, 6.45) is -3.91. The number of halogens is 3. The van der Waals surface area contributed by atoms with Crippen LogP contribution in [0.4, 0.5) is 18.9 Å². The molecule has 0 bridgehead atoms. The van der Waals surface area contributed by atoms with E-state index in [0.29, 0.717) is 17.4 Å². The lowest BCUT2D eigenvalue weighted by atomic mass is 10.0. The van der Waals surface area contributed by atoms with Crippen LogP contribution in [0.25, 0.3) is 21.6 Å². The van der Waals surface area contributed by atoms with E-state index in [1.165, 1.54) is 24.3 Å². The van der Waals surface area contributed by atoms with Gasteiger partial charge in [-0.2, -0.15) is 13.2 Å². The van der Waals surface area contributed by atoms with E-state index in [4.69, 9.17) is 5.53 Å². The molecule has 1 amide bonds. The summed E-state index contributed by atoms with van der Waals surface area (Å²) < 4.78 is 37.8. The Hall–Kier alpha value is -3.32. The molecule has 0 atom stereocenters. The topological polar surface area (TPSA) is 94.9 Å². The maximum atomic E-state index is 12.6. The van der Waals surface area contributed by atoms with Gasteiger partial charge in [-0.25, -0.2) is 0 Å². The van der Waals surface area contributed by atoms with E-state index in [2.05, 4.69) is 15.3 Å². The smallest absolute Gasteiger partial charge is 0.325 e. The molecule has 0 aromatic heterocycles. The second-order valence-electron chi connectivity index (χ2n) is 4.93. The van der Waals surface area contributed by atoms with Crippen LogP contribution >= 0.6 is 0 Å². The first kappa shape index (κ1) is 18.0. The highest BCUT2D eigenvalue weighted by atomic mass is 19.4. The van der Waals surface area contributed by atoms with Gasteiger partial charge in [0.25, 0.3) is 0 Å². The Kier molecular flexibility index (Phi) is 5.41. The highest BCUT2D eigenvalue weighted by Crippen LogP contribution is 2.31. The molecule has 0 aliphatic heterocycles. The quantitative estimate of drug-likeness (QED) is 0.374. The minimum Gasteiger partial charge on any atom is -0.325 e. The first-order valence-electron chi connectivity index (χ1n) is 6.92. The number of hydrogen-bond acceptors (Lipinski definition) is 3. The first-order valence-corrected chi connectivity index (χ1v) is 6.92. The normalized spacial score (nSPS) is 10.7. The number of azide groups is 1. The zero-order valence-electron chi connectivity index (χ0n) is 12.6. The fraction of sp³-hybridized carbons (Fsp3) is 0.125. The predicted octanol–water partition coefficient (Wildman–Crippen LogP) is 4.43. The Labute approximate surface area is 139 Å². The van der Waals surface area contributed by atoms with Gasteiger partial charge in [-0.3, -0.25) is 9.59 Å². The molecule has 0 fully saturated rings. The number of carbonyl (C=O) groups excluding carboxylic acids is 2. The van der Waals surface area contributed by atoms with Gasteiger partial charge in [0.1, 0.15) is 6.54 Å². The Morgan fingerprint density at radius 1 is 1.16 bits per heavy atom. The van der Waals surface area contributed by atoms with Crippen LogP contribution in [0.15, 0.2) is 47.6 Å². The van der Waals surface area contributed by atoms with Crippen LogP contribution < -0.4 is 5.32 Å². The summed E-state index contributed by atoms with van der Waals surface area (Å²) in [4.78, 5) is 25.2. The van der Waals surface area contributed by atoms with Crippen LogP contribution in [0.5, 0.6) is 0 Å². The molecule has 0 aliphatic carbocycles. The zero-order chi connectivity index (χ0) is 18.4. The minimum atomic E-state index is -4.42. The fourth-order valence-corrected chi connectivity index (χ4v) is 2.09. The van der Waals surface area contributed by atoms with Gasteiger partial charge in [-0.15, -0.1) is 0 Å². The molecule has 0 saturated heterocycles. The number of nitrogens with one attached hydrogen (secondary N) is 1. The second kappa shape index (κ2) is 7.50. The number of anilines is 1. The summed E-state index contributed by atoms with van der Waals surface area (Å²) in [6.45, 7) is -0.421. The van der Waals surface area contributed by atoms with Crippen molar-refractivity contribution in [1.29, 1.82) is 0 Å². The third-order valence-corrected chi connectivity index (χ3v) is 3.28. The van der Waals surface area contributed by atoms with Gasteiger partial charge in [-0.1, -0.05) is 23.3 Å². The number of carbonyl (C=O) groups is 2. The third-order valence-electron chi connectivity index (χ3n) is 3.28. The van der Waals surface area contributed by atoms with Crippen LogP contribution in [-0.2, 0) is 11.0 Å². The van der Waals surface area contributed by atoms with Gasteiger partial charge in [0.05, 0.1) is 11.3 Å². The molecule has 1 N–H and O–H groups in total. The van der Waals surface area contributed by atoms with Crippen molar-refractivity contribution in [2.45, 2.75) is 6.18 Å². The maximum Gasteiger partial charge on any atom is 0.416 e. The standard InChI is InChI=1S/C16H11F3N4O2/c17-16(18,19)13-4-1-10(2-5-13)11-3-6-14(12(7-11)9-24)22-15(25)8-21-23-20/h1-7,9H,8H2,(H,22,25). The molecule has 2 aromatic rings. The number of aldehydes is 1. The molecule has 25 heavy (non-hydrogen) atoms. The van der Waals surface area contributed by atoms with Crippen molar-refractivity contribution < 1.29 is 22.8 Å². The summed E-state index contributed by atoms with van der Waals surface area (Å²) in [7, 11) is 0. The van der Waals surface area contributed by atoms with Crippen molar-refractivity contribution in [2.75, 3.05) is 11.9 Å². The van der Waals surface area contributed by atoms with E-state index in [1.807, 2.05) is 0 Å². The van der Waals surface area contributed by atoms with Crippen molar-refractivity contribution in [3.8, 4) is 11.1 Å². The molecule has 0 radical (unpaired) electrons. The molecule has 0 unspecified atom stereocenters. The van der Waals surface area contributed by atoms with Gasteiger partial charge in [0.15, 0.2) is 6.29 Å². The van der Waals surface area contributed by atoms with E-state index >= 15 is 0 Å². The molecule has 0 heterocycles. The van der Waals surface area contributed by atoms with E-state index in [0.717, 1.165) is 12.1 Å². The van der Waals surface area contributed by atoms with E-state index < -0.39 is 24.2 Å². The van der Waals surface area contributed by atoms with Crippen LogP contribution in [0.3, 0.4) is 0 Å². The van der Waals surface area contributed by atoms with Crippen molar-refractivity contribution >= 4 is 17.9 Å². The lowest BCUT2D eigenvalue weighted by Gasteiger charge is -2.10. The average molecular weight is 348 g/mol. The number of alkyl halides is 3. The van der Waals surface area contributed by atoms with Crippen LogP contribution in [-0.4, -0.2) is 18.7 Å². The van der Waals surface area contributed by atoms with Crippen LogP contribution in [0, 0.1) is 0 Å². The fourth-order valence-electron chi connectivity index (χ4n) is 2.09. The highest BCUT2D eigenvalue weighted by molar-refractivity contribution is 5.98. The van der Waals surface area contributed by atoms with E-state index in [9.17, 15) is 22.8 Å². The van der Waals surface area contributed by atoms with Crippen molar-refractivity contribution in [3.63, 3.8) is 0 Å². The predicted molar refractivity (Wildman–Crippen MR) is 84.9 cm³/mol. The van der Waals surface area contributed by atoms with Crippen molar-refractivity contribution in [3.05, 3.63) is 64.0 Å². The summed E-state index contributed by atoms with van der Waals surface area (Å²) >= 11 is 0. The van der Waals surface area contributed by atoms with Crippen LogP contribution in [0.1, 0.15) is 15.9 Å². The highest BCUT2D eigenvalue weighted by Gasteiger charge is 2.29. The molecule has 9 heteroatoms. The lowest BCUT2D eigenvalue weighted by molar-refractivity contribution is -0.137. The number of benzene rings is 2. The Balaban J connectivity index is 2.27. The molecule has 6 nitrogen and oxygen atoms in total. The van der Waals surface area contributed by atoms with Gasteiger partial charge in [-0.05, 0) is 40.9 Å². The van der Waals surface area contributed by atoms with E-state index in [-0.39, 0.29) is 11.3 Å². The van der Waals surface area contributed by atoms with Crippen LogP contribution in [0.2, 0.25) is 0 Å². The molecule has 0 aliphatic rings. The lowest BCUT2D eigenvalue weighted by Crippen LogP contribution is -2.15. The third kappa shape index (κ3) is 4.58. The van der Waals surface area contributed by atoms with Gasteiger partial charge in [0.2, 0.25) is 5.91 Å². The Bertz CT molecular complexity index is 841.